The van der Waals surface area contributed by atoms with Crippen LogP contribution in [-0.4, -0.2) is 16.4 Å². The van der Waals surface area contributed by atoms with Crippen molar-refractivity contribution in [2.24, 2.45) is 5.92 Å². The number of carbonyl (C=O) groups excluding carboxylic acids is 1. The van der Waals surface area contributed by atoms with E-state index in [1.54, 1.807) is 32.2 Å². The van der Waals surface area contributed by atoms with Gasteiger partial charge in [0.15, 0.2) is 11.4 Å². The topological polar surface area (TPSA) is 39.2 Å². The van der Waals surface area contributed by atoms with Crippen molar-refractivity contribution in [3.05, 3.63) is 94.6 Å². The molecule has 3 rings (SSSR count). The molecule has 0 saturated heterocycles. The van der Waals surface area contributed by atoms with Gasteiger partial charge in [-0.15, -0.1) is 6.07 Å². The largest absolute Gasteiger partial charge is 0.480 e. The van der Waals surface area contributed by atoms with Gasteiger partial charge in [0.1, 0.15) is 5.88 Å². The number of aromatic nitrogens is 1. The van der Waals surface area contributed by atoms with E-state index in [2.05, 4.69) is 61.3 Å². The predicted molar refractivity (Wildman–Crippen MR) is 126 cm³/mol. The number of benzene rings is 2. The summed E-state index contributed by atoms with van der Waals surface area (Å²) in [6.07, 6.45) is 2.79. The Balaban J connectivity index is 0.00000363. The molecule has 0 aliphatic carbocycles. The van der Waals surface area contributed by atoms with Gasteiger partial charge in [-0.3, -0.25) is 9.78 Å². The SMILES string of the molecule is Cc1cccc(C(Cc2ccc(Cl)cc2)C(C)CC(=O)C(C)(C)Oc2cc[c-]cn2)c1.[Y]. The molecule has 5 heteroatoms. The van der Waals surface area contributed by atoms with Crippen LogP contribution in [0.1, 0.15) is 49.8 Å². The molecular formula is C27H29ClNO2Y-. The molecule has 0 saturated carbocycles. The van der Waals surface area contributed by atoms with Crippen LogP contribution in [0.25, 0.3) is 0 Å². The Morgan fingerprint density at radius 3 is 2.50 bits per heavy atom. The Hall–Kier alpha value is -1.55. The zero-order valence-corrected chi connectivity index (χ0v) is 22.7. The molecule has 0 amide bonds. The molecule has 1 heterocycles. The first-order valence-electron chi connectivity index (χ1n) is 10.6. The molecule has 1 aromatic heterocycles. The smallest absolute Gasteiger partial charge is 0.176 e. The van der Waals surface area contributed by atoms with E-state index in [1.165, 1.54) is 16.7 Å². The Labute approximate surface area is 221 Å². The molecule has 1 radical (unpaired) electrons. The van der Waals surface area contributed by atoms with Gasteiger partial charge >= 0.3 is 0 Å². The number of ether oxygens (including phenoxy) is 1. The van der Waals surface area contributed by atoms with Gasteiger partial charge in [-0.1, -0.05) is 66.7 Å². The molecule has 165 valence electrons. The summed E-state index contributed by atoms with van der Waals surface area (Å²) >= 11 is 6.07. The van der Waals surface area contributed by atoms with Crippen LogP contribution in [0.15, 0.2) is 66.9 Å². The summed E-state index contributed by atoms with van der Waals surface area (Å²) in [6.45, 7) is 7.86. The molecule has 0 aliphatic rings. The fourth-order valence-corrected chi connectivity index (χ4v) is 3.91. The van der Waals surface area contributed by atoms with E-state index in [9.17, 15) is 4.79 Å². The zero-order valence-electron chi connectivity index (χ0n) is 19.1. The van der Waals surface area contributed by atoms with Crippen LogP contribution >= 0.6 is 11.6 Å². The van der Waals surface area contributed by atoms with E-state index in [4.69, 9.17) is 16.3 Å². The van der Waals surface area contributed by atoms with Crippen molar-refractivity contribution in [3.63, 3.8) is 0 Å². The maximum absolute atomic E-state index is 13.2. The van der Waals surface area contributed by atoms with Crippen LogP contribution in [0.2, 0.25) is 5.02 Å². The minimum Gasteiger partial charge on any atom is -0.480 e. The predicted octanol–water partition coefficient (Wildman–Crippen LogP) is 6.62. The maximum Gasteiger partial charge on any atom is 0.176 e. The normalized spacial score (nSPS) is 13.0. The van der Waals surface area contributed by atoms with Gasteiger partial charge in [-0.2, -0.15) is 0 Å². The van der Waals surface area contributed by atoms with Gasteiger partial charge in [0.05, 0.1) is 0 Å². The quantitative estimate of drug-likeness (QED) is 0.296. The van der Waals surface area contributed by atoms with E-state index in [0.29, 0.717) is 12.3 Å². The van der Waals surface area contributed by atoms with Gasteiger partial charge in [-0.25, -0.2) is 12.1 Å². The summed E-state index contributed by atoms with van der Waals surface area (Å²) in [7, 11) is 0. The molecule has 3 nitrogen and oxygen atoms in total. The number of hydrogen-bond acceptors (Lipinski definition) is 3. The fraction of sp³-hybridized carbons (Fsp3) is 0.333. The van der Waals surface area contributed by atoms with Gasteiger partial charge in [0, 0.05) is 44.2 Å². The molecule has 3 aromatic rings. The first kappa shape index (κ1) is 26.7. The third-order valence-electron chi connectivity index (χ3n) is 5.65. The van der Waals surface area contributed by atoms with E-state index in [0.717, 1.165) is 11.4 Å². The Morgan fingerprint density at radius 1 is 1.16 bits per heavy atom. The first-order valence-corrected chi connectivity index (χ1v) is 11.0. The molecule has 2 aromatic carbocycles. The van der Waals surface area contributed by atoms with Gasteiger partial charge < -0.3 is 4.74 Å². The standard InChI is InChI=1S/C27H29ClNO2.Y/c1-19-8-7-9-22(16-19)24(18-21-11-13-23(28)14-12-21)20(2)17-25(30)27(3,4)31-26-10-5-6-15-29-26;/h5,7-16,20,24H,17-18H2,1-4H3;/q-1;. The van der Waals surface area contributed by atoms with Crippen LogP contribution < -0.4 is 4.74 Å². The van der Waals surface area contributed by atoms with Crippen LogP contribution in [0.3, 0.4) is 0 Å². The second kappa shape index (κ2) is 12.1. The second-order valence-electron chi connectivity index (χ2n) is 8.66. The summed E-state index contributed by atoms with van der Waals surface area (Å²) in [5.74, 6) is 0.819. The van der Waals surface area contributed by atoms with Crippen LogP contribution in [0, 0.1) is 18.9 Å². The fourth-order valence-electron chi connectivity index (χ4n) is 3.79. The summed E-state index contributed by atoms with van der Waals surface area (Å²) < 4.78 is 5.91. The van der Waals surface area contributed by atoms with Gasteiger partial charge in [-0.05, 0) is 62.3 Å². The molecule has 0 N–H and O–H groups in total. The third kappa shape index (κ3) is 7.51. The molecule has 0 bridgehead atoms. The number of rotatable bonds is 9. The van der Waals surface area contributed by atoms with Gasteiger partial charge in [0.2, 0.25) is 0 Å². The van der Waals surface area contributed by atoms with Crippen molar-refractivity contribution in [1.82, 2.24) is 4.98 Å². The van der Waals surface area contributed by atoms with Crippen LogP contribution in [-0.2, 0) is 43.9 Å². The Kier molecular flexibility index (Phi) is 10.1. The van der Waals surface area contributed by atoms with Crippen molar-refractivity contribution in [2.75, 3.05) is 0 Å². The van der Waals surface area contributed by atoms with Crippen molar-refractivity contribution in [1.29, 1.82) is 0 Å². The summed E-state index contributed by atoms with van der Waals surface area (Å²) in [5.41, 5.74) is 2.71. The van der Waals surface area contributed by atoms with Crippen molar-refractivity contribution in [2.45, 2.75) is 52.1 Å². The number of pyridine rings is 1. The third-order valence-corrected chi connectivity index (χ3v) is 5.91. The van der Waals surface area contributed by atoms with Crippen molar-refractivity contribution in [3.8, 4) is 5.88 Å². The van der Waals surface area contributed by atoms with Crippen molar-refractivity contribution >= 4 is 17.4 Å². The number of Topliss-reactive ketones (excluding diaryl/α,β-unsaturated/α-hetero) is 1. The second-order valence-corrected chi connectivity index (χ2v) is 9.10. The molecular weight excluding hydrogens is 495 g/mol. The molecule has 0 fully saturated rings. The van der Waals surface area contributed by atoms with Crippen LogP contribution in [0.4, 0.5) is 0 Å². The molecule has 32 heavy (non-hydrogen) atoms. The average Bonchev–Trinajstić information content (AvgIpc) is 2.73. The molecule has 2 unspecified atom stereocenters. The molecule has 2 atom stereocenters. The average molecular weight is 524 g/mol. The number of hydrogen-bond donors (Lipinski definition) is 0. The van der Waals surface area contributed by atoms with E-state index >= 15 is 0 Å². The number of aryl methyl sites for hydroxylation is 1. The number of carbonyl (C=O) groups is 1. The summed E-state index contributed by atoms with van der Waals surface area (Å²) in [5, 5.41) is 0.727. The monoisotopic (exact) mass is 523 g/mol. The maximum atomic E-state index is 13.2. The minimum absolute atomic E-state index is 0. The first-order chi connectivity index (χ1) is 14.7. The van der Waals surface area contributed by atoms with Gasteiger partial charge in [0.25, 0.3) is 0 Å². The number of ketones is 1. The number of nitrogens with zero attached hydrogens (tertiary/aromatic N) is 1. The van der Waals surface area contributed by atoms with E-state index < -0.39 is 5.60 Å². The molecule has 0 spiro atoms. The molecule has 0 aliphatic heterocycles. The van der Waals surface area contributed by atoms with E-state index in [1.807, 2.05) is 12.1 Å². The zero-order chi connectivity index (χ0) is 22.4. The minimum atomic E-state index is -0.958. The summed E-state index contributed by atoms with van der Waals surface area (Å²) in [6, 6.07) is 22.8. The van der Waals surface area contributed by atoms with E-state index in [-0.39, 0.29) is 50.3 Å². The van der Waals surface area contributed by atoms with Crippen molar-refractivity contribution < 1.29 is 42.2 Å². The number of halogens is 1. The Morgan fingerprint density at radius 2 is 1.88 bits per heavy atom. The Bertz CT molecular complexity index is 1010. The summed E-state index contributed by atoms with van der Waals surface area (Å²) in [4.78, 5) is 17.3. The van der Waals surface area contributed by atoms with Crippen LogP contribution in [0.5, 0.6) is 5.88 Å².